The number of halogens is 2. The van der Waals surface area contributed by atoms with Gasteiger partial charge in [0.15, 0.2) is 0 Å². The van der Waals surface area contributed by atoms with Crippen molar-refractivity contribution in [1.82, 2.24) is 14.7 Å². The molecule has 3 aliphatic heterocycles. The molecule has 9 heteroatoms. The number of benzene rings is 2. The minimum absolute atomic E-state index is 0.0271. The van der Waals surface area contributed by atoms with Gasteiger partial charge in [0.25, 0.3) is 5.91 Å². The van der Waals surface area contributed by atoms with E-state index in [9.17, 15) is 18.8 Å². The molecule has 3 heterocycles. The van der Waals surface area contributed by atoms with Gasteiger partial charge in [-0.15, -0.1) is 0 Å². The number of likely N-dealkylation sites (tertiary alicyclic amines) is 3. The van der Waals surface area contributed by atoms with E-state index in [1.165, 1.54) is 12.1 Å². The van der Waals surface area contributed by atoms with E-state index in [1.54, 1.807) is 17.9 Å². The molecule has 2 aromatic carbocycles. The molecule has 3 amide bonds. The third-order valence-corrected chi connectivity index (χ3v) is 9.24. The fraction of sp³-hybridized carbons (Fsp3) is 0.500. The number of carbonyl (C=O) groups excluding carboxylic acids is 3. The molecule has 0 spiro atoms. The predicted molar refractivity (Wildman–Crippen MR) is 148 cm³/mol. The smallest absolute Gasteiger partial charge is 0.258 e. The third-order valence-electron chi connectivity index (χ3n) is 8.93. The van der Waals surface area contributed by atoms with Crippen LogP contribution in [0.3, 0.4) is 0 Å². The lowest BCUT2D eigenvalue weighted by molar-refractivity contribution is -0.137. The maximum Gasteiger partial charge on any atom is 0.258 e. The fourth-order valence-corrected chi connectivity index (χ4v) is 7.17. The van der Waals surface area contributed by atoms with Crippen LogP contribution in [0.5, 0.6) is 0 Å². The van der Waals surface area contributed by atoms with Crippen LogP contribution < -0.4 is 5.73 Å². The van der Waals surface area contributed by atoms with Gasteiger partial charge in [-0.2, -0.15) is 0 Å². The van der Waals surface area contributed by atoms with E-state index >= 15 is 0 Å². The molecule has 0 saturated carbocycles. The minimum Gasteiger partial charge on any atom is -0.369 e. The Morgan fingerprint density at radius 1 is 1.03 bits per heavy atom. The summed E-state index contributed by atoms with van der Waals surface area (Å²) < 4.78 is 14.3. The first-order valence-corrected chi connectivity index (χ1v) is 14.2. The Kier molecular flexibility index (Phi) is 8.24. The quantitative estimate of drug-likeness (QED) is 0.564. The zero-order valence-electron chi connectivity index (χ0n) is 22.3. The Balaban J connectivity index is 1.25. The van der Waals surface area contributed by atoms with E-state index in [0.29, 0.717) is 44.3 Å². The van der Waals surface area contributed by atoms with Gasteiger partial charge < -0.3 is 20.4 Å². The molecule has 39 heavy (non-hydrogen) atoms. The summed E-state index contributed by atoms with van der Waals surface area (Å²) in [6.07, 6.45) is 2.03. The number of carbonyl (C=O) groups is 3. The SMILES string of the molecule is CC(=O)N1CCC(C(N)=O)CC1[C@@H](CCN1CC2CN(C(=O)c3c(F)cccc3Cl)CC2C1)c1ccccc1. The summed E-state index contributed by atoms with van der Waals surface area (Å²) in [6.45, 7) is 5.91. The Morgan fingerprint density at radius 3 is 2.33 bits per heavy atom. The maximum absolute atomic E-state index is 14.3. The summed E-state index contributed by atoms with van der Waals surface area (Å²) >= 11 is 6.14. The highest BCUT2D eigenvalue weighted by molar-refractivity contribution is 6.33. The monoisotopic (exact) mass is 554 g/mol. The van der Waals surface area contributed by atoms with Gasteiger partial charge in [0, 0.05) is 57.5 Å². The molecular formula is C30H36ClFN4O3. The van der Waals surface area contributed by atoms with Gasteiger partial charge in [-0.3, -0.25) is 14.4 Å². The highest BCUT2D eigenvalue weighted by atomic mass is 35.5. The number of amides is 3. The first-order chi connectivity index (χ1) is 18.7. The van der Waals surface area contributed by atoms with Crippen molar-refractivity contribution < 1.29 is 18.8 Å². The molecule has 0 aromatic heterocycles. The Morgan fingerprint density at radius 2 is 1.72 bits per heavy atom. The summed E-state index contributed by atoms with van der Waals surface area (Å²) in [7, 11) is 0. The molecule has 0 aliphatic carbocycles. The van der Waals surface area contributed by atoms with E-state index in [1.807, 2.05) is 23.1 Å². The average Bonchev–Trinajstić information content (AvgIpc) is 3.48. The van der Waals surface area contributed by atoms with Crippen molar-refractivity contribution in [2.24, 2.45) is 23.5 Å². The second-order valence-corrected chi connectivity index (χ2v) is 11.7. The van der Waals surface area contributed by atoms with Gasteiger partial charge in [-0.25, -0.2) is 4.39 Å². The number of hydrogen-bond acceptors (Lipinski definition) is 4. The molecule has 5 atom stereocenters. The molecule has 3 fully saturated rings. The highest BCUT2D eigenvalue weighted by Crippen LogP contribution is 2.38. The van der Waals surface area contributed by atoms with Gasteiger partial charge in [0.2, 0.25) is 11.8 Å². The molecule has 3 aliphatic rings. The van der Waals surface area contributed by atoms with Gasteiger partial charge in [0.1, 0.15) is 5.82 Å². The first-order valence-electron chi connectivity index (χ1n) is 13.8. The summed E-state index contributed by atoms with van der Waals surface area (Å²) in [5, 5.41) is 0.145. The second-order valence-electron chi connectivity index (χ2n) is 11.3. The number of nitrogens with two attached hydrogens (primary N) is 1. The van der Waals surface area contributed by atoms with Crippen LogP contribution in [0, 0.1) is 23.6 Å². The number of nitrogens with zero attached hydrogens (tertiary/aromatic N) is 3. The van der Waals surface area contributed by atoms with Crippen LogP contribution in [-0.4, -0.2) is 77.7 Å². The van der Waals surface area contributed by atoms with Crippen molar-refractivity contribution in [1.29, 1.82) is 0 Å². The molecule has 7 nitrogen and oxygen atoms in total. The molecule has 2 N–H and O–H groups in total. The van der Waals surface area contributed by atoms with Crippen molar-refractivity contribution in [3.8, 4) is 0 Å². The standard InChI is InChI=1S/C30H36ClFN4O3/c1-19(37)36-13-10-21(29(33)38)14-27(36)24(20-6-3-2-4-7-20)11-12-34-15-22-17-35(18-23(22)16-34)30(39)28-25(31)8-5-9-26(28)32/h2-9,21-24,27H,10-18H2,1H3,(H2,33,38)/t21?,22?,23?,24-,27?/m0/s1. The number of piperidine rings is 1. The van der Waals surface area contributed by atoms with Crippen LogP contribution >= 0.6 is 11.6 Å². The van der Waals surface area contributed by atoms with Crippen LogP contribution in [0.15, 0.2) is 48.5 Å². The number of rotatable bonds is 7. The zero-order chi connectivity index (χ0) is 27.7. The van der Waals surface area contributed by atoms with Crippen LogP contribution in [-0.2, 0) is 9.59 Å². The lowest BCUT2D eigenvalue weighted by Crippen LogP contribution is -2.50. The lowest BCUT2D eigenvalue weighted by atomic mass is 9.79. The van der Waals surface area contributed by atoms with Gasteiger partial charge in [-0.05, 0) is 55.3 Å². The zero-order valence-corrected chi connectivity index (χ0v) is 23.0. The van der Waals surface area contributed by atoms with Crippen LogP contribution in [0.25, 0.3) is 0 Å². The number of fused-ring (bicyclic) bond motifs is 1. The van der Waals surface area contributed by atoms with Gasteiger partial charge in [0.05, 0.1) is 10.6 Å². The maximum atomic E-state index is 14.3. The van der Waals surface area contributed by atoms with Crippen LogP contribution in [0.4, 0.5) is 4.39 Å². The van der Waals surface area contributed by atoms with E-state index in [4.69, 9.17) is 17.3 Å². The van der Waals surface area contributed by atoms with Crippen molar-refractivity contribution in [2.75, 3.05) is 39.3 Å². The van der Waals surface area contributed by atoms with Crippen molar-refractivity contribution in [2.45, 2.75) is 38.1 Å². The predicted octanol–water partition coefficient (Wildman–Crippen LogP) is 3.77. The Labute approximate surface area is 234 Å². The molecule has 0 bridgehead atoms. The Hall–Kier alpha value is -2.97. The molecule has 5 rings (SSSR count). The van der Waals surface area contributed by atoms with Crippen molar-refractivity contribution >= 4 is 29.3 Å². The van der Waals surface area contributed by atoms with Crippen molar-refractivity contribution in [3.05, 3.63) is 70.5 Å². The second kappa shape index (κ2) is 11.6. The molecular weight excluding hydrogens is 519 g/mol. The highest BCUT2D eigenvalue weighted by Gasteiger charge is 2.43. The molecule has 3 saturated heterocycles. The summed E-state index contributed by atoms with van der Waals surface area (Å²) in [4.78, 5) is 43.8. The topological polar surface area (TPSA) is 86.9 Å². The largest absolute Gasteiger partial charge is 0.369 e. The number of hydrogen-bond donors (Lipinski definition) is 1. The van der Waals surface area contributed by atoms with Crippen LogP contribution in [0.1, 0.15) is 48.0 Å². The van der Waals surface area contributed by atoms with E-state index in [2.05, 4.69) is 17.0 Å². The lowest BCUT2D eigenvalue weighted by Gasteiger charge is -2.43. The summed E-state index contributed by atoms with van der Waals surface area (Å²) in [5.74, 6) is -0.673. The van der Waals surface area contributed by atoms with E-state index in [-0.39, 0.29) is 46.2 Å². The fourth-order valence-electron chi connectivity index (χ4n) is 6.93. The van der Waals surface area contributed by atoms with Crippen LogP contribution in [0.2, 0.25) is 5.02 Å². The molecule has 208 valence electrons. The van der Waals surface area contributed by atoms with E-state index in [0.717, 1.165) is 31.6 Å². The van der Waals surface area contributed by atoms with Crippen molar-refractivity contribution in [3.63, 3.8) is 0 Å². The minimum atomic E-state index is -0.584. The summed E-state index contributed by atoms with van der Waals surface area (Å²) in [5.41, 5.74) is 6.82. The third kappa shape index (κ3) is 5.82. The van der Waals surface area contributed by atoms with Gasteiger partial charge >= 0.3 is 0 Å². The number of primary amides is 1. The Bertz CT molecular complexity index is 1190. The summed E-state index contributed by atoms with van der Waals surface area (Å²) in [6, 6.07) is 14.5. The molecule has 0 radical (unpaired) electrons. The van der Waals surface area contributed by atoms with Gasteiger partial charge in [-0.1, -0.05) is 48.0 Å². The molecule has 4 unspecified atom stereocenters. The first kappa shape index (κ1) is 27.6. The average molecular weight is 555 g/mol. The normalized spacial score (nSPS) is 25.9. The molecule has 2 aromatic rings. The van der Waals surface area contributed by atoms with E-state index < -0.39 is 5.82 Å².